The molecular formula is C14H22O8. The van der Waals surface area contributed by atoms with Crippen molar-refractivity contribution in [1.82, 2.24) is 0 Å². The molecule has 0 aromatic carbocycles. The lowest BCUT2D eigenvalue weighted by molar-refractivity contribution is -0.138. The highest BCUT2D eigenvalue weighted by Gasteiger charge is 1.98. The average Bonchev–Trinajstić information content (AvgIpc) is 2.39. The molecule has 0 saturated heterocycles. The third-order valence-electron chi connectivity index (χ3n) is 2.40. The molecule has 0 aliphatic rings. The van der Waals surface area contributed by atoms with Crippen LogP contribution >= 0.6 is 0 Å². The SMILES string of the molecule is O=C(O)C=CC(=O)O.O=C(O)CCCCCCCCC(=O)O. The lowest BCUT2D eigenvalue weighted by Gasteiger charge is -1.98. The van der Waals surface area contributed by atoms with Crippen molar-refractivity contribution in [2.75, 3.05) is 0 Å². The van der Waals surface area contributed by atoms with Gasteiger partial charge in [0.25, 0.3) is 0 Å². The van der Waals surface area contributed by atoms with Gasteiger partial charge in [-0.2, -0.15) is 0 Å². The van der Waals surface area contributed by atoms with Crippen LogP contribution in [0.3, 0.4) is 0 Å². The van der Waals surface area contributed by atoms with E-state index in [1.54, 1.807) is 0 Å². The molecule has 0 atom stereocenters. The molecule has 0 spiro atoms. The molecule has 0 aliphatic carbocycles. The number of rotatable bonds is 11. The molecule has 0 unspecified atom stereocenters. The zero-order valence-electron chi connectivity index (χ0n) is 12.2. The fraction of sp³-hybridized carbons (Fsp3) is 0.571. The van der Waals surface area contributed by atoms with Gasteiger partial charge in [0.15, 0.2) is 0 Å². The fourth-order valence-corrected chi connectivity index (χ4v) is 1.40. The third kappa shape index (κ3) is 26.2. The van der Waals surface area contributed by atoms with Crippen LogP contribution in [0.2, 0.25) is 0 Å². The minimum Gasteiger partial charge on any atom is -0.481 e. The van der Waals surface area contributed by atoms with Gasteiger partial charge >= 0.3 is 23.9 Å². The Kier molecular flexibility index (Phi) is 15.0. The van der Waals surface area contributed by atoms with Crippen LogP contribution in [0, 0.1) is 0 Å². The molecule has 0 rings (SSSR count). The van der Waals surface area contributed by atoms with E-state index in [1.165, 1.54) is 0 Å². The maximum atomic E-state index is 10.1. The summed E-state index contributed by atoms with van der Waals surface area (Å²) in [6, 6.07) is 0. The molecule has 0 amide bonds. The second kappa shape index (κ2) is 15.0. The topological polar surface area (TPSA) is 149 Å². The van der Waals surface area contributed by atoms with Crippen LogP contribution in [-0.4, -0.2) is 44.3 Å². The zero-order chi connectivity index (χ0) is 17.4. The Hall–Kier alpha value is -2.38. The quantitative estimate of drug-likeness (QED) is 0.333. The fourth-order valence-electron chi connectivity index (χ4n) is 1.40. The molecule has 0 aromatic rings. The molecule has 0 heterocycles. The Labute approximate surface area is 128 Å². The number of carboxylic acids is 4. The summed E-state index contributed by atoms with van der Waals surface area (Å²) in [5, 5.41) is 32.3. The van der Waals surface area contributed by atoms with E-state index in [0.717, 1.165) is 38.5 Å². The molecule has 0 aliphatic heterocycles. The molecular weight excluding hydrogens is 296 g/mol. The van der Waals surface area contributed by atoms with E-state index in [0.29, 0.717) is 12.2 Å². The monoisotopic (exact) mass is 318 g/mol. The van der Waals surface area contributed by atoms with Crippen LogP contribution in [-0.2, 0) is 19.2 Å². The largest absolute Gasteiger partial charge is 0.481 e. The van der Waals surface area contributed by atoms with Crippen molar-refractivity contribution in [2.24, 2.45) is 0 Å². The van der Waals surface area contributed by atoms with E-state index in [4.69, 9.17) is 20.4 Å². The van der Waals surface area contributed by atoms with E-state index < -0.39 is 23.9 Å². The highest BCUT2D eigenvalue weighted by molar-refractivity contribution is 5.89. The van der Waals surface area contributed by atoms with Gasteiger partial charge in [-0.15, -0.1) is 0 Å². The van der Waals surface area contributed by atoms with Crippen molar-refractivity contribution >= 4 is 23.9 Å². The maximum absolute atomic E-state index is 10.1. The Morgan fingerprint density at radius 2 is 0.818 bits per heavy atom. The van der Waals surface area contributed by atoms with Crippen LogP contribution in [0.15, 0.2) is 12.2 Å². The van der Waals surface area contributed by atoms with Crippen molar-refractivity contribution in [3.8, 4) is 0 Å². The average molecular weight is 318 g/mol. The summed E-state index contributed by atoms with van der Waals surface area (Å²) < 4.78 is 0. The van der Waals surface area contributed by atoms with Crippen molar-refractivity contribution < 1.29 is 39.6 Å². The van der Waals surface area contributed by atoms with E-state index in [9.17, 15) is 19.2 Å². The van der Waals surface area contributed by atoms with E-state index >= 15 is 0 Å². The molecule has 0 saturated carbocycles. The zero-order valence-corrected chi connectivity index (χ0v) is 12.2. The first kappa shape index (κ1) is 21.9. The molecule has 0 radical (unpaired) electrons. The van der Waals surface area contributed by atoms with Crippen molar-refractivity contribution in [3.05, 3.63) is 12.2 Å². The predicted molar refractivity (Wildman–Crippen MR) is 76.6 cm³/mol. The van der Waals surface area contributed by atoms with Crippen molar-refractivity contribution in [1.29, 1.82) is 0 Å². The van der Waals surface area contributed by atoms with Gasteiger partial charge < -0.3 is 20.4 Å². The summed E-state index contributed by atoms with van der Waals surface area (Å²) in [7, 11) is 0. The van der Waals surface area contributed by atoms with E-state index in [2.05, 4.69) is 0 Å². The second-order valence-corrected chi connectivity index (χ2v) is 4.42. The Balaban J connectivity index is 0. The standard InChI is InChI=1S/C10H18O4.C4H4O4/c11-9(12)7-5-3-1-2-4-6-8-10(13)14;5-3(6)1-2-4(7)8/h1-8H2,(H,11,12)(H,13,14);1-2H,(H,5,6)(H,7,8). The van der Waals surface area contributed by atoms with E-state index in [1.807, 2.05) is 0 Å². The number of hydrogen-bond donors (Lipinski definition) is 4. The molecule has 126 valence electrons. The Morgan fingerprint density at radius 1 is 0.545 bits per heavy atom. The van der Waals surface area contributed by atoms with Gasteiger partial charge in [-0.3, -0.25) is 9.59 Å². The summed E-state index contributed by atoms with van der Waals surface area (Å²) >= 11 is 0. The Morgan fingerprint density at radius 3 is 1.05 bits per heavy atom. The van der Waals surface area contributed by atoms with Gasteiger partial charge in [0.2, 0.25) is 0 Å². The number of carboxylic acid groups (broad SMARTS) is 4. The van der Waals surface area contributed by atoms with Gasteiger partial charge in [0, 0.05) is 25.0 Å². The molecule has 8 heteroatoms. The van der Waals surface area contributed by atoms with Crippen LogP contribution in [0.5, 0.6) is 0 Å². The first-order valence-corrected chi connectivity index (χ1v) is 6.83. The van der Waals surface area contributed by atoms with Crippen LogP contribution in [0.4, 0.5) is 0 Å². The predicted octanol–water partition coefficient (Wildman–Crippen LogP) is 1.99. The first-order valence-electron chi connectivity index (χ1n) is 6.83. The van der Waals surface area contributed by atoms with Gasteiger partial charge in [0.05, 0.1) is 0 Å². The number of unbranched alkanes of at least 4 members (excludes halogenated alkanes) is 5. The summed E-state index contributed by atoms with van der Waals surface area (Å²) in [6.07, 6.45) is 6.94. The summed E-state index contributed by atoms with van der Waals surface area (Å²) in [4.78, 5) is 39.4. The molecule has 0 bridgehead atoms. The molecule has 8 nitrogen and oxygen atoms in total. The molecule has 22 heavy (non-hydrogen) atoms. The normalized spacial score (nSPS) is 9.82. The summed E-state index contributed by atoms with van der Waals surface area (Å²) in [5.74, 6) is -3.99. The molecule has 0 fully saturated rings. The van der Waals surface area contributed by atoms with Gasteiger partial charge in [-0.05, 0) is 12.8 Å². The number of hydrogen-bond acceptors (Lipinski definition) is 4. The minimum atomic E-state index is -1.26. The highest BCUT2D eigenvalue weighted by atomic mass is 16.4. The first-order chi connectivity index (χ1) is 10.3. The van der Waals surface area contributed by atoms with E-state index in [-0.39, 0.29) is 12.8 Å². The number of aliphatic carboxylic acids is 4. The van der Waals surface area contributed by atoms with Gasteiger partial charge in [0.1, 0.15) is 0 Å². The minimum absolute atomic E-state index is 0.245. The maximum Gasteiger partial charge on any atom is 0.328 e. The lowest BCUT2D eigenvalue weighted by Crippen LogP contribution is -1.94. The summed E-state index contributed by atoms with van der Waals surface area (Å²) in [5.41, 5.74) is 0. The van der Waals surface area contributed by atoms with Crippen LogP contribution < -0.4 is 0 Å². The van der Waals surface area contributed by atoms with Crippen molar-refractivity contribution in [3.63, 3.8) is 0 Å². The third-order valence-corrected chi connectivity index (χ3v) is 2.40. The second-order valence-electron chi connectivity index (χ2n) is 4.42. The lowest BCUT2D eigenvalue weighted by atomic mass is 10.1. The van der Waals surface area contributed by atoms with Gasteiger partial charge in [-0.25, -0.2) is 9.59 Å². The highest BCUT2D eigenvalue weighted by Crippen LogP contribution is 2.08. The summed E-state index contributed by atoms with van der Waals surface area (Å²) in [6.45, 7) is 0. The van der Waals surface area contributed by atoms with Crippen LogP contribution in [0.25, 0.3) is 0 Å². The van der Waals surface area contributed by atoms with Crippen LogP contribution in [0.1, 0.15) is 51.4 Å². The Bertz CT molecular complexity index is 350. The number of carbonyl (C=O) groups is 4. The molecule has 0 aromatic heterocycles. The smallest absolute Gasteiger partial charge is 0.328 e. The van der Waals surface area contributed by atoms with Gasteiger partial charge in [-0.1, -0.05) is 25.7 Å². The molecule has 4 N–H and O–H groups in total. The van der Waals surface area contributed by atoms with Crippen molar-refractivity contribution in [2.45, 2.75) is 51.4 Å².